The minimum absolute atomic E-state index is 0.0262. The Bertz CT molecular complexity index is 1090. The van der Waals surface area contributed by atoms with E-state index in [4.69, 9.17) is 0 Å². The number of hydrogen-bond donors (Lipinski definition) is 2. The number of carbonyl (C=O) groups excluding carboxylic acids is 3. The van der Waals surface area contributed by atoms with Crippen molar-refractivity contribution in [2.75, 3.05) is 12.3 Å². The Balaban J connectivity index is 1.54. The van der Waals surface area contributed by atoms with Gasteiger partial charge >= 0.3 is 6.03 Å². The first-order valence-electron chi connectivity index (χ1n) is 13.8. The number of likely N-dealkylation sites (tertiary alicyclic amines) is 1. The lowest BCUT2D eigenvalue weighted by Gasteiger charge is -2.41. The number of sulfone groups is 1. The SMILES string of the molecule is C=CC(C)(C)[C@H](NC(=O)NC1(CS(=O)(=O)C2(C)CC2)CCCCC1)C(=O)N1C[C@H]2[C@@H]([C@H]1C(C)=O)C2(C)C. The minimum atomic E-state index is -3.38. The predicted molar refractivity (Wildman–Crippen MR) is 144 cm³/mol. The van der Waals surface area contributed by atoms with Crippen molar-refractivity contribution in [3.05, 3.63) is 12.7 Å². The lowest BCUT2D eigenvalue weighted by molar-refractivity contribution is -0.142. The molecule has 4 aliphatic rings. The molecule has 4 atom stereocenters. The van der Waals surface area contributed by atoms with Crippen LogP contribution in [0.4, 0.5) is 4.79 Å². The smallest absolute Gasteiger partial charge is 0.315 e. The summed E-state index contributed by atoms with van der Waals surface area (Å²) in [6, 6.07) is -1.98. The van der Waals surface area contributed by atoms with Crippen LogP contribution in [0, 0.1) is 22.7 Å². The minimum Gasteiger partial charge on any atom is -0.332 e. The monoisotopic (exact) mass is 535 g/mol. The van der Waals surface area contributed by atoms with E-state index in [1.54, 1.807) is 17.9 Å². The van der Waals surface area contributed by atoms with E-state index in [-0.39, 0.29) is 34.7 Å². The van der Waals surface area contributed by atoms with Gasteiger partial charge in [-0.25, -0.2) is 13.2 Å². The van der Waals surface area contributed by atoms with E-state index in [1.165, 1.54) is 6.92 Å². The number of hydrogen-bond acceptors (Lipinski definition) is 5. The van der Waals surface area contributed by atoms with E-state index in [2.05, 4.69) is 31.1 Å². The molecule has 0 radical (unpaired) electrons. The summed E-state index contributed by atoms with van der Waals surface area (Å²) in [5.41, 5.74) is -1.61. The van der Waals surface area contributed by atoms with Crippen LogP contribution in [0.3, 0.4) is 0 Å². The van der Waals surface area contributed by atoms with Crippen molar-refractivity contribution in [1.82, 2.24) is 15.5 Å². The first kappa shape index (κ1) is 28.1. The van der Waals surface area contributed by atoms with Crippen LogP contribution in [-0.2, 0) is 19.4 Å². The number of nitrogens with one attached hydrogen (secondary N) is 2. The maximum Gasteiger partial charge on any atom is 0.315 e. The van der Waals surface area contributed by atoms with Gasteiger partial charge in [0.15, 0.2) is 15.6 Å². The molecule has 0 spiro atoms. The normalized spacial score (nSPS) is 30.0. The Hall–Kier alpha value is -1.90. The van der Waals surface area contributed by atoms with Gasteiger partial charge in [-0.3, -0.25) is 9.59 Å². The summed E-state index contributed by atoms with van der Waals surface area (Å²) in [6.45, 7) is 15.6. The van der Waals surface area contributed by atoms with Gasteiger partial charge in [0.05, 0.1) is 22.1 Å². The maximum absolute atomic E-state index is 13.9. The lowest BCUT2D eigenvalue weighted by Crippen LogP contribution is -2.63. The van der Waals surface area contributed by atoms with E-state index in [0.29, 0.717) is 32.2 Å². The highest BCUT2D eigenvalue weighted by molar-refractivity contribution is 7.93. The molecule has 1 saturated heterocycles. The van der Waals surface area contributed by atoms with Crippen molar-refractivity contribution in [1.29, 1.82) is 0 Å². The van der Waals surface area contributed by atoms with E-state index < -0.39 is 43.7 Å². The van der Waals surface area contributed by atoms with Crippen LogP contribution in [-0.4, -0.2) is 65.7 Å². The molecule has 4 rings (SSSR count). The molecule has 0 unspecified atom stereocenters. The summed E-state index contributed by atoms with van der Waals surface area (Å²) in [4.78, 5) is 41.6. The third-order valence-electron chi connectivity index (χ3n) is 10.1. The Morgan fingerprint density at radius 2 is 1.68 bits per heavy atom. The van der Waals surface area contributed by atoms with E-state index in [1.807, 2.05) is 13.8 Å². The number of nitrogens with zero attached hydrogens (tertiary/aromatic N) is 1. The molecular weight excluding hydrogens is 490 g/mol. The molecule has 2 N–H and O–H groups in total. The van der Waals surface area contributed by atoms with Gasteiger partial charge < -0.3 is 15.5 Å². The van der Waals surface area contributed by atoms with Crippen molar-refractivity contribution in [3.63, 3.8) is 0 Å². The number of amides is 3. The Kier molecular flexibility index (Phi) is 6.91. The third kappa shape index (κ3) is 4.97. The largest absolute Gasteiger partial charge is 0.332 e. The third-order valence-corrected chi connectivity index (χ3v) is 12.9. The van der Waals surface area contributed by atoms with Crippen LogP contribution in [0.1, 0.15) is 86.5 Å². The second-order valence-electron chi connectivity index (χ2n) is 13.6. The maximum atomic E-state index is 13.9. The molecule has 0 aromatic rings. The fourth-order valence-electron chi connectivity index (χ4n) is 6.80. The molecule has 0 aromatic carbocycles. The Labute approximate surface area is 222 Å². The highest BCUT2D eigenvalue weighted by atomic mass is 32.2. The highest BCUT2D eigenvalue weighted by Gasteiger charge is 2.69. The van der Waals surface area contributed by atoms with Crippen molar-refractivity contribution in [2.45, 2.75) is 109 Å². The number of piperidine rings is 1. The van der Waals surface area contributed by atoms with E-state index >= 15 is 0 Å². The summed E-state index contributed by atoms with van der Waals surface area (Å²) in [5.74, 6) is -0.00403. The second-order valence-corrected chi connectivity index (χ2v) is 16.1. The van der Waals surface area contributed by atoms with Crippen LogP contribution in [0.5, 0.6) is 0 Å². The zero-order chi connectivity index (χ0) is 27.6. The standard InChI is InChI=1S/C28H45N3O5S/c1-8-25(3,4)22(23(33)31-16-19-20(26(19,5)6)21(31)18(2)32)29-24(34)30-28(12-10-9-11-13-28)17-37(35,36)27(7)14-15-27/h8,19-22H,1,9-17H2,2-7H3,(H2,29,30,34)/t19-,20-,21+,22+/m0/s1. The lowest BCUT2D eigenvalue weighted by atomic mass is 9.82. The molecule has 3 amide bonds. The molecule has 0 bridgehead atoms. The number of rotatable bonds is 9. The molecule has 1 heterocycles. The molecular formula is C28H45N3O5S. The van der Waals surface area contributed by atoms with Gasteiger partial charge in [-0.15, -0.1) is 6.58 Å². The average Bonchev–Trinajstić information content (AvgIpc) is 3.59. The summed E-state index contributed by atoms with van der Waals surface area (Å²) >= 11 is 0. The van der Waals surface area contributed by atoms with Crippen LogP contribution in [0.25, 0.3) is 0 Å². The number of fused-ring (bicyclic) bond motifs is 1. The van der Waals surface area contributed by atoms with Crippen LogP contribution >= 0.6 is 0 Å². The first-order valence-corrected chi connectivity index (χ1v) is 15.4. The average molecular weight is 536 g/mol. The van der Waals surface area contributed by atoms with Crippen LogP contribution < -0.4 is 10.6 Å². The Morgan fingerprint density at radius 1 is 1.08 bits per heavy atom. The number of Topliss-reactive ketones (excluding diaryl/α,β-unsaturated/α-hetero) is 1. The first-order chi connectivity index (χ1) is 17.0. The summed E-state index contributed by atoms with van der Waals surface area (Å²) in [5, 5.41) is 5.91. The fraction of sp³-hybridized carbons (Fsp3) is 0.821. The fourth-order valence-corrected chi connectivity index (χ4v) is 8.96. The summed E-state index contributed by atoms with van der Waals surface area (Å²) in [6.07, 6.45) is 6.86. The number of carbonyl (C=O) groups is 3. The van der Waals surface area contributed by atoms with Gasteiger partial charge in [-0.2, -0.15) is 0 Å². The zero-order valence-electron chi connectivity index (χ0n) is 23.4. The van der Waals surface area contributed by atoms with E-state index in [0.717, 1.165) is 19.3 Å². The van der Waals surface area contributed by atoms with Crippen LogP contribution in [0.15, 0.2) is 12.7 Å². The van der Waals surface area contributed by atoms with E-state index in [9.17, 15) is 22.8 Å². The molecule has 1 aliphatic heterocycles. The topological polar surface area (TPSA) is 113 Å². The van der Waals surface area contributed by atoms with Gasteiger partial charge in [-0.05, 0) is 56.8 Å². The van der Waals surface area contributed by atoms with Crippen LogP contribution in [0.2, 0.25) is 0 Å². The van der Waals surface area contributed by atoms with Crippen molar-refractivity contribution in [2.24, 2.45) is 22.7 Å². The van der Waals surface area contributed by atoms with Gasteiger partial charge in [0.25, 0.3) is 0 Å². The number of urea groups is 1. The van der Waals surface area contributed by atoms with Crippen molar-refractivity contribution < 1.29 is 22.8 Å². The van der Waals surface area contributed by atoms with Crippen molar-refractivity contribution in [3.8, 4) is 0 Å². The van der Waals surface area contributed by atoms with Crippen molar-refractivity contribution >= 4 is 27.6 Å². The molecule has 8 nitrogen and oxygen atoms in total. The van der Waals surface area contributed by atoms with Gasteiger partial charge in [-0.1, -0.05) is 53.0 Å². The predicted octanol–water partition coefficient (Wildman–Crippen LogP) is 3.61. The Morgan fingerprint density at radius 3 is 2.19 bits per heavy atom. The van der Waals surface area contributed by atoms with Gasteiger partial charge in [0, 0.05) is 12.0 Å². The highest BCUT2D eigenvalue weighted by Crippen LogP contribution is 2.65. The molecule has 3 saturated carbocycles. The number of ketones is 1. The summed E-state index contributed by atoms with van der Waals surface area (Å²) in [7, 11) is -3.38. The molecule has 37 heavy (non-hydrogen) atoms. The molecule has 0 aromatic heterocycles. The molecule has 3 aliphatic carbocycles. The quantitative estimate of drug-likeness (QED) is 0.438. The molecule has 9 heteroatoms. The second kappa shape index (κ2) is 9.09. The van der Waals surface area contributed by atoms with Gasteiger partial charge in [0.2, 0.25) is 5.91 Å². The zero-order valence-corrected chi connectivity index (χ0v) is 24.2. The van der Waals surface area contributed by atoms with Gasteiger partial charge in [0.1, 0.15) is 6.04 Å². The molecule has 208 valence electrons. The summed E-state index contributed by atoms with van der Waals surface area (Å²) < 4.78 is 25.7. The molecule has 4 fully saturated rings.